The maximum absolute atomic E-state index is 9.91. The molecule has 0 fully saturated rings. The lowest BCUT2D eigenvalue weighted by Gasteiger charge is -2.29. The quantitative estimate of drug-likeness (QED) is 0.779. The summed E-state index contributed by atoms with van der Waals surface area (Å²) in [6.45, 7) is 12.7. The average molecular weight is 235 g/mol. The first-order valence-corrected chi connectivity index (χ1v) is 6.12. The van der Waals surface area contributed by atoms with E-state index in [2.05, 4.69) is 41.5 Å². The Balaban J connectivity index is 3.23. The maximum atomic E-state index is 9.91. The topological polar surface area (TPSA) is 46.2 Å². The number of benzene rings is 1. The van der Waals surface area contributed by atoms with Crippen LogP contribution in [-0.2, 0) is 5.41 Å². The molecular formula is C15H25NO. The molecule has 0 saturated heterocycles. The summed E-state index contributed by atoms with van der Waals surface area (Å²) in [6.07, 6.45) is 0. The summed E-state index contributed by atoms with van der Waals surface area (Å²) in [7, 11) is 0. The third kappa shape index (κ3) is 3.22. The largest absolute Gasteiger partial charge is 0.508 e. The van der Waals surface area contributed by atoms with Gasteiger partial charge < -0.3 is 10.8 Å². The lowest BCUT2D eigenvalue weighted by Crippen LogP contribution is -2.26. The highest BCUT2D eigenvalue weighted by Gasteiger charge is 2.25. The lowest BCUT2D eigenvalue weighted by molar-refractivity contribution is 0.326. The monoisotopic (exact) mass is 235 g/mol. The Labute approximate surface area is 105 Å². The van der Waals surface area contributed by atoms with Gasteiger partial charge in [0.05, 0.1) is 0 Å². The molecule has 0 saturated carbocycles. The Hall–Kier alpha value is -1.02. The predicted molar refractivity (Wildman–Crippen MR) is 73.2 cm³/mol. The summed E-state index contributed by atoms with van der Waals surface area (Å²) >= 11 is 0. The van der Waals surface area contributed by atoms with Crippen molar-refractivity contribution in [1.82, 2.24) is 0 Å². The van der Waals surface area contributed by atoms with Crippen molar-refractivity contribution in [2.24, 2.45) is 11.1 Å². The van der Waals surface area contributed by atoms with E-state index in [4.69, 9.17) is 5.73 Å². The van der Waals surface area contributed by atoms with Gasteiger partial charge in [-0.05, 0) is 28.0 Å². The van der Waals surface area contributed by atoms with Gasteiger partial charge in [-0.15, -0.1) is 0 Å². The molecule has 0 aliphatic carbocycles. The molecule has 1 rings (SSSR count). The van der Waals surface area contributed by atoms with Crippen LogP contribution in [0.1, 0.15) is 58.7 Å². The summed E-state index contributed by atoms with van der Waals surface area (Å²) in [4.78, 5) is 0. The summed E-state index contributed by atoms with van der Waals surface area (Å²) in [5.74, 6) is 0.349. The van der Waals surface area contributed by atoms with Gasteiger partial charge in [-0.1, -0.05) is 53.7 Å². The van der Waals surface area contributed by atoms with Gasteiger partial charge in [-0.2, -0.15) is 0 Å². The van der Waals surface area contributed by atoms with Gasteiger partial charge >= 0.3 is 0 Å². The van der Waals surface area contributed by atoms with Crippen LogP contribution in [0.25, 0.3) is 0 Å². The number of hydrogen-bond acceptors (Lipinski definition) is 2. The Morgan fingerprint density at radius 2 is 1.59 bits per heavy atom. The van der Waals surface area contributed by atoms with E-state index < -0.39 is 0 Å². The molecule has 1 atom stereocenters. The Kier molecular flexibility index (Phi) is 3.58. The standard InChI is InChI=1S/C15H25NO/c1-14(2,3)11-9-10(7-8-12(11)17)13(16)15(4,5)6/h7-9,13,17H,16H2,1-6H3. The first kappa shape index (κ1) is 14.0. The molecule has 2 heteroatoms. The summed E-state index contributed by atoms with van der Waals surface area (Å²) < 4.78 is 0. The zero-order valence-electron chi connectivity index (χ0n) is 11.8. The molecule has 0 aromatic heterocycles. The summed E-state index contributed by atoms with van der Waals surface area (Å²) in [5.41, 5.74) is 8.24. The second kappa shape index (κ2) is 4.34. The van der Waals surface area contributed by atoms with E-state index in [1.54, 1.807) is 6.07 Å². The van der Waals surface area contributed by atoms with Gasteiger partial charge in [0.2, 0.25) is 0 Å². The van der Waals surface area contributed by atoms with Crippen molar-refractivity contribution in [2.75, 3.05) is 0 Å². The van der Waals surface area contributed by atoms with Crippen molar-refractivity contribution in [3.63, 3.8) is 0 Å². The van der Waals surface area contributed by atoms with E-state index in [1.807, 2.05) is 12.1 Å². The number of aromatic hydroxyl groups is 1. The molecule has 0 spiro atoms. The van der Waals surface area contributed by atoms with Crippen LogP contribution < -0.4 is 5.73 Å². The molecule has 96 valence electrons. The first-order chi connectivity index (χ1) is 7.53. The molecule has 1 unspecified atom stereocenters. The molecule has 0 aliphatic heterocycles. The Morgan fingerprint density at radius 1 is 1.06 bits per heavy atom. The smallest absolute Gasteiger partial charge is 0.119 e. The minimum atomic E-state index is -0.0717. The highest BCUT2D eigenvalue weighted by molar-refractivity contribution is 5.41. The molecule has 0 aliphatic rings. The predicted octanol–water partition coefficient (Wildman–Crippen LogP) is 3.74. The SMILES string of the molecule is CC(C)(C)c1cc(C(N)C(C)(C)C)ccc1O. The van der Waals surface area contributed by atoms with Crippen LogP contribution in [0, 0.1) is 5.41 Å². The van der Waals surface area contributed by atoms with Gasteiger partial charge in [0.25, 0.3) is 0 Å². The van der Waals surface area contributed by atoms with E-state index in [1.165, 1.54) is 0 Å². The van der Waals surface area contributed by atoms with Crippen LogP contribution in [0.4, 0.5) is 0 Å². The van der Waals surface area contributed by atoms with E-state index in [-0.39, 0.29) is 16.9 Å². The fraction of sp³-hybridized carbons (Fsp3) is 0.600. The van der Waals surface area contributed by atoms with Gasteiger partial charge in [-0.25, -0.2) is 0 Å². The molecule has 3 N–H and O–H groups in total. The second-order valence-electron chi connectivity index (χ2n) is 6.87. The molecule has 0 radical (unpaired) electrons. The number of hydrogen-bond donors (Lipinski definition) is 2. The van der Waals surface area contributed by atoms with Crippen molar-refractivity contribution in [2.45, 2.75) is 53.0 Å². The highest BCUT2D eigenvalue weighted by Crippen LogP contribution is 2.36. The Bertz CT molecular complexity index is 396. The Morgan fingerprint density at radius 3 is 2.00 bits per heavy atom. The maximum Gasteiger partial charge on any atom is 0.119 e. The summed E-state index contributed by atoms with van der Waals surface area (Å²) in [6, 6.07) is 5.68. The van der Waals surface area contributed by atoms with E-state index in [0.29, 0.717) is 5.75 Å². The van der Waals surface area contributed by atoms with Crippen molar-refractivity contribution < 1.29 is 5.11 Å². The van der Waals surface area contributed by atoms with Crippen LogP contribution in [-0.4, -0.2) is 5.11 Å². The lowest BCUT2D eigenvalue weighted by atomic mass is 9.79. The zero-order valence-corrected chi connectivity index (χ0v) is 11.8. The third-order valence-electron chi connectivity index (χ3n) is 3.12. The van der Waals surface area contributed by atoms with Crippen molar-refractivity contribution in [1.29, 1.82) is 0 Å². The molecule has 0 heterocycles. The second-order valence-corrected chi connectivity index (χ2v) is 6.87. The van der Waals surface area contributed by atoms with Gasteiger partial charge in [0.1, 0.15) is 5.75 Å². The van der Waals surface area contributed by atoms with Crippen LogP contribution >= 0.6 is 0 Å². The van der Waals surface area contributed by atoms with Gasteiger partial charge in [0.15, 0.2) is 0 Å². The van der Waals surface area contributed by atoms with Crippen molar-refractivity contribution >= 4 is 0 Å². The molecule has 1 aromatic carbocycles. The number of rotatable bonds is 1. The van der Waals surface area contributed by atoms with Gasteiger partial charge in [-0.3, -0.25) is 0 Å². The highest BCUT2D eigenvalue weighted by atomic mass is 16.3. The fourth-order valence-electron chi connectivity index (χ4n) is 1.85. The molecule has 0 bridgehead atoms. The number of nitrogens with two attached hydrogens (primary N) is 1. The molecule has 17 heavy (non-hydrogen) atoms. The fourth-order valence-corrected chi connectivity index (χ4v) is 1.85. The van der Waals surface area contributed by atoms with Crippen molar-refractivity contribution in [3.8, 4) is 5.75 Å². The van der Waals surface area contributed by atoms with Gasteiger partial charge in [0, 0.05) is 6.04 Å². The third-order valence-corrected chi connectivity index (χ3v) is 3.12. The zero-order chi connectivity index (χ0) is 13.4. The van der Waals surface area contributed by atoms with Crippen LogP contribution in [0.3, 0.4) is 0 Å². The van der Waals surface area contributed by atoms with E-state index in [9.17, 15) is 5.11 Å². The van der Waals surface area contributed by atoms with E-state index >= 15 is 0 Å². The minimum absolute atomic E-state index is 0.0200. The molecule has 2 nitrogen and oxygen atoms in total. The molecular weight excluding hydrogens is 210 g/mol. The van der Waals surface area contributed by atoms with Crippen LogP contribution in [0.5, 0.6) is 5.75 Å². The molecule has 1 aromatic rings. The van der Waals surface area contributed by atoms with Crippen LogP contribution in [0.2, 0.25) is 0 Å². The molecule has 0 amide bonds. The van der Waals surface area contributed by atoms with E-state index in [0.717, 1.165) is 11.1 Å². The summed E-state index contributed by atoms with van der Waals surface area (Å²) in [5, 5.41) is 9.91. The normalized spacial score (nSPS) is 14.8. The van der Waals surface area contributed by atoms with Crippen molar-refractivity contribution in [3.05, 3.63) is 29.3 Å². The number of phenolic OH excluding ortho intramolecular Hbond substituents is 1. The number of phenols is 1. The first-order valence-electron chi connectivity index (χ1n) is 6.12. The van der Waals surface area contributed by atoms with Crippen LogP contribution in [0.15, 0.2) is 18.2 Å². The minimum Gasteiger partial charge on any atom is -0.508 e. The average Bonchev–Trinajstić information content (AvgIpc) is 2.14.